The summed E-state index contributed by atoms with van der Waals surface area (Å²) in [5.41, 5.74) is 10.5. The van der Waals surface area contributed by atoms with Gasteiger partial charge >= 0.3 is 12.1 Å². The number of aliphatic imine (C=N–C) groups is 1. The van der Waals surface area contributed by atoms with Crippen molar-refractivity contribution in [3.05, 3.63) is 24.3 Å². The van der Waals surface area contributed by atoms with Gasteiger partial charge in [0.1, 0.15) is 5.75 Å². The van der Waals surface area contributed by atoms with Crippen molar-refractivity contribution in [2.24, 2.45) is 16.5 Å². The number of rotatable bonds is 2. The number of esters is 1. The van der Waals surface area contributed by atoms with Gasteiger partial charge in [-0.3, -0.25) is 0 Å². The van der Waals surface area contributed by atoms with Crippen LogP contribution in [0.5, 0.6) is 5.75 Å². The van der Waals surface area contributed by atoms with Crippen LogP contribution in [0.15, 0.2) is 29.3 Å². The predicted molar refractivity (Wildman–Crippen MR) is 53.6 cm³/mol. The second-order valence-electron chi connectivity index (χ2n) is 2.92. The van der Waals surface area contributed by atoms with E-state index in [9.17, 15) is 18.0 Å². The molecule has 0 aliphatic heterocycles. The molecule has 5 nitrogen and oxygen atoms in total. The van der Waals surface area contributed by atoms with E-state index in [-0.39, 0.29) is 11.7 Å². The molecule has 92 valence electrons. The van der Waals surface area contributed by atoms with Crippen LogP contribution in [0.4, 0.5) is 18.9 Å². The molecule has 0 fully saturated rings. The lowest BCUT2D eigenvalue weighted by Crippen LogP contribution is -2.27. The maximum atomic E-state index is 11.9. The average Bonchev–Trinajstić information content (AvgIpc) is 2.18. The van der Waals surface area contributed by atoms with E-state index in [0.717, 1.165) is 12.1 Å². The summed E-state index contributed by atoms with van der Waals surface area (Å²) in [5, 5.41) is 0. The van der Waals surface area contributed by atoms with E-state index in [1.165, 1.54) is 12.1 Å². The Morgan fingerprint density at radius 2 is 1.71 bits per heavy atom. The monoisotopic (exact) mass is 247 g/mol. The molecule has 0 spiro atoms. The van der Waals surface area contributed by atoms with E-state index in [2.05, 4.69) is 9.73 Å². The van der Waals surface area contributed by atoms with Crippen molar-refractivity contribution >= 4 is 17.6 Å². The molecular formula is C9H8F3N3O2. The minimum atomic E-state index is -5.03. The first kappa shape index (κ1) is 12.8. The summed E-state index contributed by atoms with van der Waals surface area (Å²) in [6.45, 7) is 0. The van der Waals surface area contributed by atoms with Gasteiger partial charge in [-0.1, -0.05) is 0 Å². The molecule has 1 aromatic rings. The SMILES string of the molecule is NC(N)=Nc1ccc(OC(=O)C(F)(F)F)cc1. The summed E-state index contributed by atoms with van der Waals surface area (Å²) in [5.74, 6) is -2.72. The second kappa shape index (κ2) is 4.73. The van der Waals surface area contributed by atoms with Crippen LogP contribution in [0, 0.1) is 0 Å². The molecule has 0 heterocycles. The Hall–Kier alpha value is -2.25. The van der Waals surface area contributed by atoms with E-state index in [4.69, 9.17) is 11.5 Å². The third-order valence-electron chi connectivity index (χ3n) is 1.54. The molecule has 0 atom stereocenters. The summed E-state index contributed by atoms with van der Waals surface area (Å²) >= 11 is 0. The number of hydrogen-bond donors (Lipinski definition) is 2. The highest BCUT2D eigenvalue weighted by Crippen LogP contribution is 2.22. The highest BCUT2D eigenvalue weighted by Gasteiger charge is 2.41. The molecule has 1 rings (SSSR count). The summed E-state index contributed by atoms with van der Waals surface area (Å²) < 4.78 is 39.6. The van der Waals surface area contributed by atoms with E-state index in [1.54, 1.807) is 0 Å². The molecule has 0 radical (unpaired) electrons. The van der Waals surface area contributed by atoms with E-state index >= 15 is 0 Å². The van der Waals surface area contributed by atoms with Gasteiger partial charge in [0.2, 0.25) is 0 Å². The van der Waals surface area contributed by atoms with Crippen LogP contribution in [-0.2, 0) is 4.79 Å². The number of nitrogens with zero attached hydrogens (tertiary/aromatic N) is 1. The quantitative estimate of drug-likeness (QED) is 0.354. The number of carbonyl (C=O) groups is 1. The molecular weight excluding hydrogens is 239 g/mol. The van der Waals surface area contributed by atoms with Crippen molar-refractivity contribution in [2.75, 3.05) is 0 Å². The Morgan fingerprint density at radius 3 is 2.12 bits per heavy atom. The highest BCUT2D eigenvalue weighted by molar-refractivity contribution is 5.79. The standard InChI is InChI=1S/C9H8F3N3O2/c10-9(11,12)7(16)17-6-3-1-5(2-4-6)15-8(13)14/h1-4H,(H4,13,14,15). The molecule has 0 unspecified atom stereocenters. The molecule has 0 aliphatic rings. The largest absolute Gasteiger partial charge is 0.491 e. The van der Waals surface area contributed by atoms with E-state index < -0.39 is 12.1 Å². The zero-order valence-corrected chi connectivity index (χ0v) is 8.36. The fourth-order valence-electron chi connectivity index (χ4n) is 0.903. The average molecular weight is 247 g/mol. The molecule has 1 aromatic carbocycles. The molecule has 0 saturated heterocycles. The maximum Gasteiger partial charge on any atom is 0.491 e. The summed E-state index contributed by atoms with van der Waals surface area (Å²) in [6.07, 6.45) is -5.03. The van der Waals surface area contributed by atoms with Crippen molar-refractivity contribution in [3.63, 3.8) is 0 Å². The Kier molecular flexibility index (Phi) is 3.56. The van der Waals surface area contributed by atoms with Crippen molar-refractivity contribution in [2.45, 2.75) is 6.18 Å². The lowest BCUT2D eigenvalue weighted by molar-refractivity contribution is -0.189. The third-order valence-corrected chi connectivity index (χ3v) is 1.54. The van der Waals surface area contributed by atoms with Crippen molar-refractivity contribution in [1.29, 1.82) is 0 Å². The Labute approximate surface area is 93.9 Å². The topological polar surface area (TPSA) is 90.7 Å². The second-order valence-corrected chi connectivity index (χ2v) is 2.92. The Morgan fingerprint density at radius 1 is 1.18 bits per heavy atom. The minimum absolute atomic E-state index is 0.190. The van der Waals surface area contributed by atoms with Crippen LogP contribution in [-0.4, -0.2) is 18.1 Å². The first-order chi connectivity index (χ1) is 7.79. The Balaban J connectivity index is 2.76. The number of guanidine groups is 1. The molecule has 0 aromatic heterocycles. The number of nitrogens with two attached hydrogens (primary N) is 2. The number of halogens is 3. The van der Waals surface area contributed by atoms with E-state index in [0.29, 0.717) is 5.69 Å². The summed E-state index contributed by atoms with van der Waals surface area (Å²) in [6, 6.07) is 4.90. The maximum absolute atomic E-state index is 11.9. The number of benzene rings is 1. The summed E-state index contributed by atoms with van der Waals surface area (Å²) in [7, 11) is 0. The lowest BCUT2D eigenvalue weighted by Gasteiger charge is -2.06. The van der Waals surface area contributed by atoms with Crippen molar-refractivity contribution in [1.82, 2.24) is 0 Å². The zero-order chi connectivity index (χ0) is 13.1. The highest BCUT2D eigenvalue weighted by atomic mass is 19.4. The molecule has 8 heteroatoms. The minimum Gasteiger partial charge on any atom is -0.420 e. The molecule has 0 bridgehead atoms. The van der Waals surface area contributed by atoms with Gasteiger partial charge in [-0.25, -0.2) is 9.79 Å². The van der Waals surface area contributed by atoms with Crippen LogP contribution in [0.2, 0.25) is 0 Å². The smallest absolute Gasteiger partial charge is 0.420 e. The van der Waals surface area contributed by atoms with Gasteiger partial charge in [-0.05, 0) is 24.3 Å². The first-order valence-electron chi connectivity index (χ1n) is 4.28. The molecule has 0 saturated carbocycles. The molecule has 4 N–H and O–H groups in total. The number of alkyl halides is 3. The normalized spacial score (nSPS) is 10.8. The zero-order valence-electron chi connectivity index (χ0n) is 8.36. The first-order valence-corrected chi connectivity index (χ1v) is 4.28. The van der Waals surface area contributed by atoms with Crippen LogP contribution >= 0.6 is 0 Å². The van der Waals surface area contributed by atoms with Crippen molar-refractivity contribution < 1.29 is 22.7 Å². The third kappa shape index (κ3) is 4.01. The van der Waals surface area contributed by atoms with Crippen LogP contribution in [0.25, 0.3) is 0 Å². The summed E-state index contributed by atoms with van der Waals surface area (Å²) in [4.78, 5) is 14.1. The van der Waals surface area contributed by atoms with Crippen LogP contribution < -0.4 is 16.2 Å². The van der Waals surface area contributed by atoms with Gasteiger partial charge < -0.3 is 16.2 Å². The van der Waals surface area contributed by atoms with Gasteiger partial charge in [0, 0.05) is 0 Å². The van der Waals surface area contributed by atoms with Gasteiger partial charge in [-0.15, -0.1) is 0 Å². The number of ether oxygens (including phenoxy) is 1. The van der Waals surface area contributed by atoms with Gasteiger partial charge in [0.15, 0.2) is 5.96 Å². The van der Waals surface area contributed by atoms with Gasteiger partial charge in [-0.2, -0.15) is 13.2 Å². The van der Waals surface area contributed by atoms with Crippen LogP contribution in [0.3, 0.4) is 0 Å². The molecule has 0 aliphatic carbocycles. The molecule has 0 amide bonds. The van der Waals surface area contributed by atoms with E-state index in [1.807, 2.05) is 0 Å². The number of carbonyl (C=O) groups excluding carboxylic acids is 1. The molecule has 17 heavy (non-hydrogen) atoms. The van der Waals surface area contributed by atoms with Crippen LogP contribution in [0.1, 0.15) is 0 Å². The predicted octanol–water partition coefficient (Wildman–Crippen LogP) is 1.06. The van der Waals surface area contributed by atoms with Crippen molar-refractivity contribution in [3.8, 4) is 5.75 Å². The Bertz CT molecular complexity index is 436. The fraction of sp³-hybridized carbons (Fsp3) is 0.111. The lowest BCUT2D eigenvalue weighted by atomic mass is 10.3. The fourth-order valence-corrected chi connectivity index (χ4v) is 0.903. The van der Waals surface area contributed by atoms with Gasteiger partial charge in [0.05, 0.1) is 5.69 Å². The number of hydrogen-bond acceptors (Lipinski definition) is 3. The van der Waals surface area contributed by atoms with Gasteiger partial charge in [0.25, 0.3) is 0 Å².